The average Bonchev–Trinajstić information content (AvgIpc) is 2.78. The van der Waals surface area contributed by atoms with Crippen molar-refractivity contribution in [2.75, 3.05) is 26.7 Å². The first kappa shape index (κ1) is 18.7. The van der Waals surface area contributed by atoms with E-state index in [1.807, 2.05) is 30.3 Å². The lowest BCUT2D eigenvalue weighted by atomic mass is 9.68. The number of fused-ring (bicyclic) bond motifs is 3. The molecule has 3 aliphatic heterocycles. The molecule has 2 atom stereocenters. The van der Waals surface area contributed by atoms with E-state index in [-0.39, 0.29) is 11.9 Å². The van der Waals surface area contributed by atoms with Crippen LogP contribution in [0.4, 0.5) is 0 Å². The Bertz CT molecular complexity index is 889. The van der Waals surface area contributed by atoms with Gasteiger partial charge in [-0.25, -0.2) is 4.79 Å². The molecule has 3 saturated heterocycles. The molecule has 3 fully saturated rings. The van der Waals surface area contributed by atoms with Gasteiger partial charge < -0.3 is 14.7 Å². The van der Waals surface area contributed by atoms with Crippen molar-refractivity contribution in [3.8, 4) is 11.8 Å². The molecule has 144 valence electrons. The third-order valence-corrected chi connectivity index (χ3v) is 6.11. The molecule has 5 rings (SSSR count). The number of nitrogens with zero attached hydrogens (tertiary/aromatic N) is 1. The Morgan fingerprint density at radius 3 is 2.36 bits per heavy atom. The summed E-state index contributed by atoms with van der Waals surface area (Å²) in [5.41, 5.74) is 0.922. The van der Waals surface area contributed by atoms with Crippen molar-refractivity contribution in [3.63, 3.8) is 0 Å². The minimum absolute atomic E-state index is 0.0965. The monoisotopic (exact) mass is 375 g/mol. The molecule has 0 spiro atoms. The summed E-state index contributed by atoms with van der Waals surface area (Å²) in [5, 5.41) is 11.8. The van der Waals surface area contributed by atoms with Crippen molar-refractivity contribution < 1.29 is 14.6 Å². The zero-order valence-electron chi connectivity index (χ0n) is 16.1. The summed E-state index contributed by atoms with van der Waals surface area (Å²) in [4.78, 5) is 14.0. The molecule has 0 aliphatic carbocycles. The smallest absolute Gasteiger partial charge is 0.337 e. The van der Waals surface area contributed by atoms with E-state index in [0.717, 1.165) is 43.6 Å². The van der Waals surface area contributed by atoms with Gasteiger partial charge in [-0.1, -0.05) is 42.2 Å². The van der Waals surface area contributed by atoms with Crippen LogP contribution < -0.4 is 0 Å². The van der Waals surface area contributed by atoms with Crippen LogP contribution in [0.3, 0.4) is 0 Å². The van der Waals surface area contributed by atoms with Gasteiger partial charge in [0.25, 0.3) is 0 Å². The molecule has 3 heterocycles. The van der Waals surface area contributed by atoms with Crippen molar-refractivity contribution in [3.05, 3.63) is 71.3 Å². The van der Waals surface area contributed by atoms with Gasteiger partial charge in [-0.15, -0.1) is 0 Å². The van der Waals surface area contributed by atoms with Gasteiger partial charge in [0.1, 0.15) is 0 Å². The third-order valence-electron chi connectivity index (χ3n) is 6.11. The molecule has 2 aromatic rings. The molecule has 2 unspecified atom stereocenters. The topological polar surface area (TPSA) is 49.8 Å². The first-order valence-electron chi connectivity index (χ1n) is 9.82. The summed E-state index contributed by atoms with van der Waals surface area (Å²) >= 11 is 0. The largest absolute Gasteiger partial charge is 0.465 e. The normalized spacial score (nSPS) is 25.3. The van der Waals surface area contributed by atoms with E-state index in [4.69, 9.17) is 4.74 Å². The number of hydrogen-bond donors (Lipinski definition) is 1. The summed E-state index contributed by atoms with van der Waals surface area (Å²) in [6.45, 7) is 3.12. The number of carbonyl (C=O) groups is 1. The Hall–Kier alpha value is -2.61. The van der Waals surface area contributed by atoms with Gasteiger partial charge >= 0.3 is 5.97 Å². The van der Waals surface area contributed by atoms with Crippen LogP contribution in [0.25, 0.3) is 0 Å². The molecule has 0 amide bonds. The van der Waals surface area contributed by atoms with E-state index in [1.165, 1.54) is 7.11 Å². The van der Waals surface area contributed by atoms with Gasteiger partial charge in [0.15, 0.2) is 5.60 Å². The zero-order valence-corrected chi connectivity index (χ0v) is 16.1. The van der Waals surface area contributed by atoms with Crippen LogP contribution in [0, 0.1) is 23.7 Å². The maximum atomic E-state index is 11.8. The number of aliphatic hydroxyl groups is 1. The molecular formula is C24H25NO3. The van der Waals surface area contributed by atoms with E-state index >= 15 is 0 Å². The SMILES string of the molecule is COC(=O)c1ccc(C#CC(O)(c2ccccc2)C2CN3CCC2CC3)cc1. The van der Waals surface area contributed by atoms with Gasteiger partial charge in [0, 0.05) is 18.0 Å². The fraction of sp³-hybridized carbons (Fsp3) is 0.375. The van der Waals surface area contributed by atoms with E-state index in [9.17, 15) is 9.90 Å². The van der Waals surface area contributed by atoms with Crippen LogP contribution in [-0.4, -0.2) is 42.7 Å². The van der Waals surface area contributed by atoms with Gasteiger partial charge in [-0.3, -0.25) is 0 Å². The molecule has 2 aromatic carbocycles. The quantitative estimate of drug-likeness (QED) is 0.662. The minimum atomic E-state index is -1.19. The number of ether oxygens (including phenoxy) is 1. The van der Waals surface area contributed by atoms with E-state index in [0.29, 0.717) is 11.5 Å². The second-order valence-corrected chi connectivity index (χ2v) is 7.70. The van der Waals surface area contributed by atoms with Crippen molar-refractivity contribution in [1.82, 2.24) is 4.90 Å². The lowest BCUT2D eigenvalue weighted by Crippen LogP contribution is -2.54. The molecule has 1 N–H and O–H groups in total. The first-order chi connectivity index (χ1) is 13.6. The number of esters is 1. The molecular weight excluding hydrogens is 350 g/mol. The van der Waals surface area contributed by atoms with Crippen LogP contribution >= 0.6 is 0 Å². The van der Waals surface area contributed by atoms with Crippen molar-refractivity contribution in [1.29, 1.82) is 0 Å². The predicted molar refractivity (Wildman–Crippen MR) is 108 cm³/mol. The number of methoxy groups -OCH3 is 1. The Labute approximate surface area is 166 Å². The van der Waals surface area contributed by atoms with Crippen molar-refractivity contribution in [2.45, 2.75) is 18.4 Å². The third kappa shape index (κ3) is 3.56. The van der Waals surface area contributed by atoms with Crippen molar-refractivity contribution in [2.24, 2.45) is 11.8 Å². The van der Waals surface area contributed by atoms with E-state index in [2.05, 4.69) is 16.7 Å². The number of carbonyl (C=O) groups excluding carboxylic acids is 1. The van der Waals surface area contributed by atoms with E-state index < -0.39 is 5.60 Å². The standard InChI is InChI=1S/C24H25NO3/c1-28-23(26)20-9-7-18(8-10-20)11-14-24(27,21-5-3-2-4-6-21)22-17-25-15-12-19(22)13-16-25/h2-10,19,22,27H,12-13,15-17H2,1H3. The first-order valence-corrected chi connectivity index (χ1v) is 9.82. The van der Waals surface area contributed by atoms with Gasteiger partial charge in [0.2, 0.25) is 0 Å². The predicted octanol–water partition coefficient (Wildman–Crippen LogP) is 3.05. The number of piperidine rings is 3. The number of rotatable bonds is 3. The van der Waals surface area contributed by atoms with Gasteiger partial charge in [-0.2, -0.15) is 0 Å². The Kier molecular flexibility index (Phi) is 5.21. The molecule has 0 saturated carbocycles. The minimum Gasteiger partial charge on any atom is -0.465 e. The fourth-order valence-electron chi connectivity index (χ4n) is 4.48. The molecule has 2 bridgehead atoms. The Morgan fingerprint density at radius 2 is 1.79 bits per heavy atom. The summed E-state index contributed by atoms with van der Waals surface area (Å²) < 4.78 is 4.74. The zero-order chi connectivity index (χ0) is 19.6. The van der Waals surface area contributed by atoms with Crippen LogP contribution in [0.15, 0.2) is 54.6 Å². The maximum Gasteiger partial charge on any atom is 0.337 e. The number of hydrogen-bond acceptors (Lipinski definition) is 4. The summed E-state index contributed by atoms with van der Waals surface area (Å²) in [7, 11) is 1.37. The Morgan fingerprint density at radius 1 is 1.11 bits per heavy atom. The summed E-state index contributed by atoms with van der Waals surface area (Å²) in [6, 6.07) is 16.8. The highest BCUT2D eigenvalue weighted by molar-refractivity contribution is 5.89. The highest BCUT2D eigenvalue weighted by Crippen LogP contribution is 2.43. The van der Waals surface area contributed by atoms with Crippen LogP contribution in [-0.2, 0) is 10.3 Å². The molecule has 28 heavy (non-hydrogen) atoms. The Balaban J connectivity index is 1.68. The summed E-state index contributed by atoms with van der Waals surface area (Å²) in [5.74, 6) is 6.58. The summed E-state index contributed by atoms with van der Waals surface area (Å²) in [6.07, 6.45) is 2.24. The molecule has 4 heteroatoms. The average molecular weight is 375 g/mol. The van der Waals surface area contributed by atoms with Crippen LogP contribution in [0.2, 0.25) is 0 Å². The molecule has 0 radical (unpaired) electrons. The highest BCUT2D eigenvalue weighted by Gasteiger charge is 2.46. The second kappa shape index (κ2) is 7.79. The number of benzene rings is 2. The van der Waals surface area contributed by atoms with E-state index in [1.54, 1.807) is 24.3 Å². The van der Waals surface area contributed by atoms with Crippen LogP contribution in [0.5, 0.6) is 0 Å². The lowest BCUT2D eigenvalue weighted by molar-refractivity contribution is -0.0660. The lowest BCUT2D eigenvalue weighted by Gasteiger charge is -2.49. The fourth-order valence-corrected chi connectivity index (χ4v) is 4.48. The van der Waals surface area contributed by atoms with Gasteiger partial charge in [-0.05, 0) is 61.7 Å². The maximum absolute atomic E-state index is 11.8. The van der Waals surface area contributed by atoms with Crippen LogP contribution in [0.1, 0.15) is 34.3 Å². The van der Waals surface area contributed by atoms with Crippen molar-refractivity contribution >= 4 is 5.97 Å². The highest BCUT2D eigenvalue weighted by atomic mass is 16.5. The molecule has 3 aliphatic rings. The second-order valence-electron chi connectivity index (χ2n) is 7.70. The molecule has 0 aromatic heterocycles. The molecule has 4 nitrogen and oxygen atoms in total. The van der Waals surface area contributed by atoms with Gasteiger partial charge in [0.05, 0.1) is 12.7 Å².